The number of hydrogen-bond donors (Lipinski definition) is 1. The molecule has 0 saturated heterocycles. The molecule has 1 aliphatic carbocycles. The number of aliphatic carboxylic acids is 1. The molecule has 0 spiro atoms. The molecule has 0 radical (unpaired) electrons. The van der Waals surface area contributed by atoms with Crippen LogP contribution in [0.2, 0.25) is 0 Å². The third kappa shape index (κ3) is 2.41. The standard InChI is InChI=1S/C17H22O3/c18-16(19)17(9-4-1-5-10-17)12-13-8-11-20-15-7-3-2-6-14(13)15/h2-3,6-7,13H,1,4-5,8-12H2,(H,18,19). The molecule has 1 atom stereocenters. The van der Waals surface area contributed by atoms with Gasteiger partial charge in [0.2, 0.25) is 0 Å². The highest BCUT2D eigenvalue weighted by Gasteiger charge is 2.42. The molecule has 1 heterocycles. The van der Waals surface area contributed by atoms with E-state index in [1.54, 1.807) is 0 Å². The summed E-state index contributed by atoms with van der Waals surface area (Å²) in [5.74, 6) is 0.676. The Bertz CT molecular complexity index is 489. The highest BCUT2D eigenvalue weighted by Crippen LogP contribution is 2.47. The molecule has 0 amide bonds. The molecule has 1 fully saturated rings. The lowest BCUT2D eigenvalue weighted by molar-refractivity contribution is -0.152. The number of rotatable bonds is 3. The molecule has 3 nitrogen and oxygen atoms in total. The molecule has 0 bridgehead atoms. The maximum Gasteiger partial charge on any atom is 0.309 e. The van der Waals surface area contributed by atoms with Crippen molar-refractivity contribution in [3.63, 3.8) is 0 Å². The Morgan fingerprint density at radius 2 is 2.00 bits per heavy atom. The first kappa shape index (κ1) is 13.5. The minimum atomic E-state index is -0.596. The van der Waals surface area contributed by atoms with E-state index in [1.165, 1.54) is 12.0 Å². The first-order valence-corrected chi connectivity index (χ1v) is 7.66. The molecule has 108 valence electrons. The van der Waals surface area contributed by atoms with Gasteiger partial charge in [-0.15, -0.1) is 0 Å². The van der Waals surface area contributed by atoms with Crippen molar-refractivity contribution in [3.8, 4) is 5.75 Å². The quantitative estimate of drug-likeness (QED) is 0.907. The molecular formula is C17H22O3. The molecule has 1 aromatic rings. The molecular weight excluding hydrogens is 252 g/mol. The van der Waals surface area contributed by atoms with Crippen LogP contribution in [-0.4, -0.2) is 17.7 Å². The van der Waals surface area contributed by atoms with E-state index >= 15 is 0 Å². The van der Waals surface area contributed by atoms with E-state index in [2.05, 4.69) is 6.07 Å². The third-order valence-electron chi connectivity index (χ3n) is 4.98. The lowest BCUT2D eigenvalue weighted by Gasteiger charge is -2.37. The summed E-state index contributed by atoms with van der Waals surface area (Å²) >= 11 is 0. The van der Waals surface area contributed by atoms with Crippen molar-refractivity contribution in [3.05, 3.63) is 29.8 Å². The van der Waals surface area contributed by atoms with Gasteiger partial charge in [0.1, 0.15) is 5.75 Å². The van der Waals surface area contributed by atoms with Crippen LogP contribution in [-0.2, 0) is 4.79 Å². The number of fused-ring (bicyclic) bond motifs is 1. The fraction of sp³-hybridized carbons (Fsp3) is 0.588. The number of para-hydroxylation sites is 1. The van der Waals surface area contributed by atoms with Crippen molar-refractivity contribution >= 4 is 5.97 Å². The Morgan fingerprint density at radius 3 is 2.75 bits per heavy atom. The predicted octanol–water partition coefficient (Wildman–Crippen LogP) is 3.98. The van der Waals surface area contributed by atoms with E-state index in [9.17, 15) is 9.90 Å². The maximum atomic E-state index is 11.8. The van der Waals surface area contributed by atoms with Crippen molar-refractivity contribution < 1.29 is 14.6 Å². The molecule has 0 aromatic heterocycles. The van der Waals surface area contributed by atoms with Gasteiger partial charge >= 0.3 is 5.97 Å². The molecule has 1 aromatic carbocycles. The Hall–Kier alpha value is -1.51. The smallest absolute Gasteiger partial charge is 0.309 e. The summed E-state index contributed by atoms with van der Waals surface area (Å²) in [6.45, 7) is 0.706. The fourth-order valence-electron chi connectivity index (χ4n) is 3.83. The van der Waals surface area contributed by atoms with Crippen LogP contribution in [0.1, 0.15) is 56.4 Å². The molecule has 1 N–H and O–H groups in total. The number of benzene rings is 1. The second kappa shape index (κ2) is 5.47. The number of carboxylic acid groups (broad SMARTS) is 1. The molecule has 1 unspecified atom stereocenters. The van der Waals surface area contributed by atoms with Crippen LogP contribution in [0.3, 0.4) is 0 Å². The lowest BCUT2D eigenvalue weighted by atomic mass is 9.67. The largest absolute Gasteiger partial charge is 0.493 e. The summed E-state index contributed by atoms with van der Waals surface area (Å²) in [5.41, 5.74) is 0.692. The first-order valence-electron chi connectivity index (χ1n) is 7.66. The molecule has 1 saturated carbocycles. The summed E-state index contributed by atoms with van der Waals surface area (Å²) in [6.07, 6.45) is 6.66. The summed E-state index contributed by atoms with van der Waals surface area (Å²) < 4.78 is 5.69. The van der Waals surface area contributed by atoms with E-state index in [-0.39, 0.29) is 0 Å². The van der Waals surface area contributed by atoms with Crippen molar-refractivity contribution in [2.24, 2.45) is 5.41 Å². The van der Waals surface area contributed by atoms with Crippen molar-refractivity contribution in [1.82, 2.24) is 0 Å². The summed E-state index contributed by atoms with van der Waals surface area (Å²) in [5, 5.41) is 9.74. The van der Waals surface area contributed by atoms with Gasteiger partial charge in [-0.1, -0.05) is 37.5 Å². The minimum absolute atomic E-state index is 0.328. The molecule has 3 heteroatoms. The Morgan fingerprint density at radius 1 is 1.25 bits per heavy atom. The topological polar surface area (TPSA) is 46.5 Å². The van der Waals surface area contributed by atoms with Crippen LogP contribution in [0, 0.1) is 5.41 Å². The predicted molar refractivity (Wildman–Crippen MR) is 77.1 cm³/mol. The van der Waals surface area contributed by atoms with E-state index in [0.717, 1.165) is 44.3 Å². The number of carboxylic acids is 1. The highest BCUT2D eigenvalue weighted by molar-refractivity contribution is 5.75. The van der Waals surface area contributed by atoms with E-state index < -0.39 is 11.4 Å². The van der Waals surface area contributed by atoms with Crippen LogP contribution in [0.4, 0.5) is 0 Å². The highest BCUT2D eigenvalue weighted by atomic mass is 16.5. The van der Waals surface area contributed by atoms with Gasteiger partial charge < -0.3 is 9.84 Å². The first-order chi connectivity index (χ1) is 9.71. The fourth-order valence-corrected chi connectivity index (χ4v) is 3.83. The van der Waals surface area contributed by atoms with Gasteiger partial charge in [0, 0.05) is 0 Å². The van der Waals surface area contributed by atoms with Crippen LogP contribution < -0.4 is 4.74 Å². The second-order valence-corrected chi connectivity index (χ2v) is 6.22. The van der Waals surface area contributed by atoms with Crippen LogP contribution in [0.25, 0.3) is 0 Å². The second-order valence-electron chi connectivity index (χ2n) is 6.22. The van der Waals surface area contributed by atoms with Gasteiger partial charge in [-0.3, -0.25) is 4.79 Å². The average Bonchev–Trinajstić information content (AvgIpc) is 2.48. The molecule has 1 aliphatic heterocycles. The van der Waals surface area contributed by atoms with Gasteiger partial charge in [0.05, 0.1) is 12.0 Å². The van der Waals surface area contributed by atoms with E-state index in [0.29, 0.717) is 12.5 Å². The van der Waals surface area contributed by atoms with Gasteiger partial charge in [-0.05, 0) is 43.2 Å². The molecule has 2 aliphatic rings. The van der Waals surface area contributed by atoms with Gasteiger partial charge in [-0.2, -0.15) is 0 Å². The number of carbonyl (C=O) groups is 1. The maximum absolute atomic E-state index is 11.8. The third-order valence-corrected chi connectivity index (χ3v) is 4.98. The summed E-state index contributed by atoms with van der Waals surface area (Å²) in [6, 6.07) is 8.09. The van der Waals surface area contributed by atoms with Gasteiger partial charge in [-0.25, -0.2) is 0 Å². The lowest BCUT2D eigenvalue weighted by Crippen LogP contribution is -2.35. The monoisotopic (exact) mass is 274 g/mol. The SMILES string of the molecule is O=C(O)C1(CC2CCOc3ccccc32)CCCCC1. The van der Waals surface area contributed by atoms with Gasteiger partial charge in [0.25, 0.3) is 0 Å². The molecule has 3 rings (SSSR count). The Kier molecular flexibility index (Phi) is 3.68. The van der Waals surface area contributed by atoms with Crippen molar-refractivity contribution in [1.29, 1.82) is 0 Å². The summed E-state index contributed by atoms with van der Waals surface area (Å²) in [4.78, 5) is 11.8. The normalized spacial score (nSPS) is 24.5. The Balaban J connectivity index is 1.85. The zero-order chi connectivity index (χ0) is 14.0. The van der Waals surface area contributed by atoms with Gasteiger partial charge in [0.15, 0.2) is 0 Å². The van der Waals surface area contributed by atoms with E-state index in [1.807, 2.05) is 18.2 Å². The van der Waals surface area contributed by atoms with E-state index in [4.69, 9.17) is 4.74 Å². The molecule has 20 heavy (non-hydrogen) atoms. The van der Waals surface area contributed by atoms with Crippen molar-refractivity contribution in [2.75, 3.05) is 6.61 Å². The number of hydrogen-bond acceptors (Lipinski definition) is 2. The van der Waals surface area contributed by atoms with Crippen LogP contribution >= 0.6 is 0 Å². The Labute approximate surface area is 120 Å². The van der Waals surface area contributed by atoms with Crippen LogP contribution in [0.5, 0.6) is 5.75 Å². The zero-order valence-electron chi connectivity index (χ0n) is 11.8. The summed E-state index contributed by atoms with van der Waals surface area (Å²) in [7, 11) is 0. The van der Waals surface area contributed by atoms with Crippen LogP contribution in [0.15, 0.2) is 24.3 Å². The minimum Gasteiger partial charge on any atom is -0.493 e. The zero-order valence-corrected chi connectivity index (χ0v) is 11.8. The van der Waals surface area contributed by atoms with Crippen molar-refractivity contribution in [2.45, 2.75) is 50.9 Å². The average molecular weight is 274 g/mol. The number of ether oxygens (including phenoxy) is 1.